The number of morpholine rings is 1. The van der Waals surface area contributed by atoms with Gasteiger partial charge in [0, 0.05) is 6.54 Å². The van der Waals surface area contributed by atoms with E-state index in [2.05, 4.69) is 4.99 Å². The van der Waals surface area contributed by atoms with Crippen LogP contribution in [-0.2, 0) is 9.53 Å². The summed E-state index contributed by atoms with van der Waals surface area (Å²) in [6, 6.07) is -0.529. The summed E-state index contributed by atoms with van der Waals surface area (Å²) in [5, 5.41) is 9.00. The van der Waals surface area contributed by atoms with Crippen LogP contribution in [0.3, 0.4) is 0 Å². The minimum Gasteiger partial charge on any atom is -0.377 e. The van der Waals surface area contributed by atoms with Crippen LogP contribution in [0.2, 0.25) is 0 Å². The lowest BCUT2D eigenvalue weighted by Crippen LogP contribution is -2.54. The molecule has 0 spiro atoms. The summed E-state index contributed by atoms with van der Waals surface area (Å²) in [7, 11) is 0. The molecule has 2 N–H and O–H groups in total. The highest BCUT2D eigenvalue weighted by molar-refractivity contribution is 8.13. The van der Waals surface area contributed by atoms with Crippen molar-refractivity contribution in [3.63, 3.8) is 0 Å². The van der Waals surface area contributed by atoms with E-state index >= 15 is 0 Å². The van der Waals surface area contributed by atoms with Crippen LogP contribution < -0.4 is 5.73 Å². The molecule has 1 fully saturated rings. The Labute approximate surface area is 92.1 Å². The number of amidine groups is 1. The number of carbonyl (C=O) groups is 1. The monoisotopic (exact) mass is 228 g/mol. The van der Waals surface area contributed by atoms with E-state index in [-0.39, 0.29) is 6.61 Å². The molecule has 1 heterocycles. The van der Waals surface area contributed by atoms with Gasteiger partial charge in [0.25, 0.3) is 0 Å². The van der Waals surface area contributed by atoms with E-state index in [0.717, 1.165) is 0 Å². The van der Waals surface area contributed by atoms with E-state index in [1.54, 1.807) is 17.3 Å². The molecular weight excluding hydrogens is 216 g/mol. The van der Waals surface area contributed by atoms with Crippen molar-refractivity contribution in [1.82, 2.24) is 4.90 Å². The molecule has 15 heavy (non-hydrogen) atoms. The zero-order chi connectivity index (χ0) is 11.3. The highest BCUT2D eigenvalue weighted by Gasteiger charge is 2.29. The Balaban J connectivity index is 2.84. The molecule has 0 aromatic carbocycles. The van der Waals surface area contributed by atoms with Gasteiger partial charge >= 0.3 is 0 Å². The highest BCUT2D eigenvalue weighted by Crippen LogP contribution is 2.13. The van der Waals surface area contributed by atoms with Crippen LogP contribution in [-0.4, -0.2) is 48.0 Å². The van der Waals surface area contributed by atoms with Gasteiger partial charge in [0.1, 0.15) is 6.04 Å². The molecule has 7 heteroatoms. The van der Waals surface area contributed by atoms with Crippen LogP contribution >= 0.6 is 11.8 Å². The third-order valence-electron chi connectivity index (χ3n) is 2.03. The van der Waals surface area contributed by atoms with Crippen molar-refractivity contribution in [3.8, 4) is 6.19 Å². The smallest absolute Gasteiger partial charge is 0.242 e. The largest absolute Gasteiger partial charge is 0.377 e. The molecule has 0 bridgehead atoms. The Morgan fingerprint density at radius 3 is 3.07 bits per heavy atom. The standard InChI is InChI=1S/C8H12N4O2S/c1-15-8(11-5-9)12-2-3-14-4-6(12)7(10)13/h6H,2-4H2,1H3,(H2,10,13). The van der Waals surface area contributed by atoms with Gasteiger partial charge in [0.15, 0.2) is 5.17 Å². The van der Waals surface area contributed by atoms with Gasteiger partial charge in [-0.05, 0) is 6.26 Å². The average Bonchev–Trinajstić information content (AvgIpc) is 2.26. The summed E-state index contributed by atoms with van der Waals surface area (Å²) >= 11 is 1.31. The van der Waals surface area contributed by atoms with Crippen molar-refractivity contribution in [1.29, 1.82) is 5.26 Å². The van der Waals surface area contributed by atoms with Crippen molar-refractivity contribution in [2.24, 2.45) is 10.7 Å². The zero-order valence-electron chi connectivity index (χ0n) is 8.34. The quantitative estimate of drug-likeness (QED) is 0.366. The molecule has 6 nitrogen and oxygen atoms in total. The molecule has 1 rings (SSSR count). The van der Waals surface area contributed by atoms with Gasteiger partial charge in [-0.15, -0.1) is 4.99 Å². The summed E-state index contributed by atoms with van der Waals surface area (Å²) in [6.07, 6.45) is 3.50. The number of ether oxygens (including phenoxy) is 1. The van der Waals surface area contributed by atoms with E-state index in [9.17, 15) is 4.79 Å². The number of rotatable bonds is 1. The van der Waals surface area contributed by atoms with Gasteiger partial charge in [0.2, 0.25) is 12.1 Å². The van der Waals surface area contributed by atoms with Crippen molar-refractivity contribution >= 4 is 22.8 Å². The maximum absolute atomic E-state index is 11.1. The van der Waals surface area contributed by atoms with Crippen LogP contribution in [0.15, 0.2) is 4.99 Å². The SMILES string of the molecule is CSC(=NC#N)N1CCOCC1C(N)=O. The minimum atomic E-state index is -0.529. The van der Waals surface area contributed by atoms with Crippen molar-refractivity contribution in [3.05, 3.63) is 0 Å². The normalized spacial score (nSPS) is 22.3. The maximum atomic E-state index is 11.1. The van der Waals surface area contributed by atoms with Crippen LogP contribution in [0.25, 0.3) is 0 Å². The van der Waals surface area contributed by atoms with Crippen LogP contribution in [0.5, 0.6) is 0 Å². The number of amides is 1. The second-order valence-corrected chi connectivity index (χ2v) is 3.66. The maximum Gasteiger partial charge on any atom is 0.242 e. The molecule has 1 atom stereocenters. The Hall–Kier alpha value is -1.26. The number of nitriles is 1. The van der Waals surface area contributed by atoms with Crippen molar-refractivity contribution < 1.29 is 9.53 Å². The average molecular weight is 228 g/mol. The first kappa shape index (κ1) is 11.8. The third kappa shape index (κ3) is 2.84. The van der Waals surface area contributed by atoms with Gasteiger partial charge in [-0.1, -0.05) is 11.8 Å². The number of carbonyl (C=O) groups excluding carboxylic acids is 1. The van der Waals surface area contributed by atoms with Gasteiger partial charge in [-0.25, -0.2) is 0 Å². The predicted octanol–water partition coefficient (Wildman–Crippen LogP) is -0.627. The van der Waals surface area contributed by atoms with Crippen molar-refractivity contribution in [2.75, 3.05) is 26.0 Å². The fourth-order valence-electron chi connectivity index (χ4n) is 1.34. The number of thioether (sulfide) groups is 1. The van der Waals surface area contributed by atoms with Crippen LogP contribution in [0, 0.1) is 11.5 Å². The van der Waals surface area contributed by atoms with Gasteiger partial charge in [-0.2, -0.15) is 5.26 Å². The fourth-order valence-corrected chi connectivity index (χ4v) is 1.92. The molecule has 1 aliphatic heterocycles. The summed E-state index contributed by atoms with van der Waals surface area (Å²) in [5.74, 6) is -0.464. The molecule has 1 unspecified atom stereocenters. The summed E-state index contributed by atoms with van der Waals surface area (Å²) < 4.78 is 5.16. The number of nitrogens with two attached hydrogens (primary N) is 1. The van der Waals surface area contributed by atoms with E-state index < -0.39 is 11.9 Å². The lowest BCUT2D eigenvalue weighted by Gasteiger charge is -2.34. The zero-order valence-corrected chi connectivity index (χ0v) is 9.16. The number of hydrogen-bond acceptors (Lipinski definition) is 5. The Morgan fingerprint density at radius 2 is 2.53 bits per heavy atom. The first-order valence-electron chi connectivity index (χ1n) is 4.35. The third-order valence-corrected chi connectivity index (χ3v) is 2.72. The summed E-state index contributed by atoms with van der Waals surface area (Å²) in [4.78, 5) is 16.5. The molecule has 82 valence electrons. The van der Waals surface area contributed by atoms with Crippen LogP contribution in [0.4, 0.5) is 0 Å². The van der Waals surface area contributed by atoms with Crippen LogP contribution in [0.1, 0.15) is 0 Å². The number of primary amides is 1. The van der Waals surface area contributed by atoms with Crippen molar-refractivity contribution in [2.45, 2.75) is 6.04 Å². The topological polar surface area (TPSA) is 91.7 Å². The van der Waals surface area contributed by atoms with Gasteiger partial charge in [0.05, 0.1) is 13.2 Å². The molecule has 1 amide bonds. The van der Waals surface area contributed by atoms with E-state index in [0.29, 0.717) is 18.3 Å². The molecular formula is C8H12N4O2S. The Bertz CT molecular complexity index is 312. The molecule has 0 radical (unpaired) electrons. The first-order valence-corrected chi connectivity index (χ1v) is 5.57. The molecule has 1 saturated heterocycles. The molecule has 0 aliphatic carbocycles. The van der Waals surface area contributed by atoms with E-state index in [1.165, 1.54) is 11.8 Å². The predicted molar refractivity (Wildman–Crippen MR) is 57.1 cm³/mol. The Morgan fingerprint density at radius 1 is 1.80 bits per heavy atom. The minimum absolute atomic E-state index is 0.250. The molecule has 0 aromatic rings. The van der Waals surface area contributed by atoms with E-state index in [4.69, 9.17) is 15.7 Å². The highest BCUT2D eigenvalue weighted by atomic mass is 32.2. The number of nitrogens with zero attached hydrogens (tertiary/aromatic N) is 3. The lowest BCUT2D eigenvalue weighted by atomic mass is 10.2. The molecule has 0 saturated carbocycles. The van der Waals surface area contributed by atoms with Gasteiger partial charge in [-0.3, -0.25) is 4.79 Å². The number of hydrogen-bond donors (Lipinski definition) is 1. The second kappa shape index (κ2) is 5.58. The summed E-state index contributed by atoms with van der Waals surface area (Å²) in [6.45, 7) is 1.28. The fraction of sp³-hybridized carbons (Fsp3) is 0.625. The van der Waals surface area contributed by atoms with E-state index in [1.807, 2.05) is 0 Å². The Kier molecular flexibility index (Phi) is 4.39. The second-order valence-electron chi connectivity index (χ2n) is 2.88. The summed E-state index contributed by atoms with van der Waals surface area (Å²) in [5.41, 5.74) is 5.24. The lowest BCUT2D eigenvalue weighted by molar-refractivity contribution is -0.126. The number of aliphatic imine (C=N–C) groups is 1. The van der Waals surface area contributed by atoms with Gasteiger partial charge < -0.3 is 15.4 Å². The first-order chi connectivity index (χ1) is 7.20. The molecule has 0 aromatic heterocycles. The molecule has 1 aliphatic rings.